The number of hydrogen-bond donors (Lipinski definition) is 1. The molecule has 2 atom stereocenters. The van der Waals surface area contributed by atoms with Gasteiger partial charge in [0.2, 0.25) is 11.9 Å². The molecule has 1 amide bonds. The Morgan fingerprint density at radius 2 is 2.03 bits per heavy atom. The van der Waals surface area contributed by atoms with Gasteiger partial charge in [-0.3, -0.25) is 4.79 Å². The van der Waals surface area contributed by atoms with Crippen LogP contribution in [0, 0.1) is 0 Å². The minimum Gasteiger partial charge on any atom is -0.489 e. The molecule has 2 aliphatic heterocycles. The highest BCUT2D eigenvalue weighted by atomic mass is 35.5. The van der Waals surface area contributed by atoms with E-state index in [0.29, 0.717) is 5.02 Å². The number of halogens is 1. The van der Waals surface area contributed by atoms with Gasteiger partial charge in [-0.2, -0.15) is 4.98 Å². The Morgan fingerprint density at radius 3 is 2.69 bits per heavy atom. The van der Waals surface area contributed by atoms with Crippen LogP contribution in [0.25, 0.3) is 0 Å². The van der Waals surface area contributed by atoms with E-state index in [1.165, 1.54) is 6.92 Å². The van der Waals surface area contributed by atoms with Crippen LogP contribution in [0.4, 0.5) is 11.8 Å². The molecule has 3 heterocycles. The van der Waals surface area contributed by atoms with Crippen LogP contribution in [0.5, 0.6) is 5.75 Å². The molecule has 8 heteroatoms. The molecule has 0 spiro atoms. The first-order chi connectivity index (χ1) is 15.2. The second-order valence-electron chi connectivity index (χ2n) is 9.37. The summed E-state index contributed by atoms with van der Waals surface area (Å²) < 4.78 is 6.22. The third-order valence-electron chi connectivity index (χ3n) is 6.40. The Kier molecular flexibility index (Phi) is 6.47. The summed E-state index contributed by atoms with van der Waals surface area (Å²) in [6.07, 6.45) is 4.96. The van der Waals surface area contributed by atoms with Gasteiger partial charge in [-0.15, -0.1) is 0 Å². The van der Waals surface area contributed by atoms with E-state index >= 15 is 0 Å². The molecule has 172 valence electrons. The number of benzene rings is 1. The van der Waals surface area contributed by atoms with E-state index in [1.54, 1.807) is 6.20 Å². The normalized spacial score (nSPS) is 21.0. The standard InChI is InChI=1S/C24H32ClN5O2/c1-16(27-17(2)31)18-6-8-19(9-7-18)32-20-10-13-29(15-20)22-21(25)14-26-23(28-22)30-12-5-11-24(30,3)4/h6-9,14,16,20H,5,10-13,15H2,1-4H3,(H,27,31)/t16-,20+/m0/s1. The molecular formula is C24H32ClN5O2. The minimum absolute atomic E-state index is 0.0294. The van der Waals surface area contributed by atoms with Crippen LogP contribution in [0.15, 0.2) is 30.5 Å². The highest BCUT2D eigenvalue weighted by Gasteiger charge is 2.35. The maximum Gasteiger partial charge on any atom is 0.227 e. The second kappa shape index (κ2) is 9.14. The minimum atomic E-state index is -0.0382. The summed E-state index contributed by atoms with van der Waals surface area (Å²) in [5, 5.41) is 3.47. The predicted molar refractivity (Wildman–Crippen MR) is 128 cm³/mol. The summed E-state index contributed by atoms with van der Waals surface area (Å²) in [5.41, 5.74) is 1.11. The molecule has 0 saturated carbocycles. The van der Waals surface area contributed by atoms with Gasteiger partial charge in [-0.05, 0) is 51.3 Å². The quantitative estimate of drug-likeness (QED) is 0.694. The fourth-order valence-corrected chi connectivity index (χ4v) is 4.82. The van der Waals surface area contributed by atoms with Gasteiger partial charge in [0, 0.05) is 32.0 Å². The van der Waals surface area contributed by atoms with E-state index in [-0.39, 0.29) is 23.6 Å². The Bertz CT molecular complexity index is 965. The molecule has 2 saturated heterocycles. The fraction of sp³-hybridized carbons (Fsp3) is 0.542. The van der Waals surface area contributed by atoms with Crippen LogP contribution in [0.1, 0.15) is 58.6 Å². The summed E-state index contributed by atoms with van der Waals surface area (Å²) in [7, 11) is 0. The van der Waals surface area contributed by atoms with E-state index in [1.807, 2.05) is 31.2 Å². The number of amides is 1. The molecule has 1 aromatic heterocycles. The van der Waals surface area contributed by atoms with Gasteiger partial charge in [-0.1, -0.05) is 23.7 Å². The molecule has 2 aromatic rings. The van der Waals surface area contributed by atoms with Crippen LogP contribution < -0.4 is 19.9 Å². The van der Waals surface area contributed by atoms with Crippen molar-refractivity contribution in [3.05, 3.63) is 41.0 Å². The lowest BCUT2D eigenvalue weighted by molar-refractivity contribution is -0.119. The molecular weight excluding hydrogens is 426 g/mol. The largest absolute Gasteiger partial charge is 0.489 e. The number of carbonyl (C=O) groups excluding carboxylic acids is 1. The Hall–Kier alpha value is -2.54. The van der Waals surface area contributed by atoms with Crippen molar-refractivity contribution in [2.45, 2.75) is 64.6 Å². The SMILES string of the molecule is CC(=O)N[C@@H](C)c1ccc(O[C@@H]2CCN(c3nc(N4CCCC4(C)C)ncc3Cl)C2)cc1. The first-order valence-electron chi connectivity index (χ1n) is 11.3. The Labute approximate surface area is 195 Å². The first kappa shape index (κ1) is 22.6. The van der Waals surface area contributed by atoms with Crippen molar-refractivity contribution in [3.8, 4) is 5.75 Å². The monoisotopic (exact) mass is 457 g/mol. The molecule has 7 nitrogen and oxygen atoms in total. The van der Waals surface area contributed by atoms with Gasteiger partial charge in [0.05, 0.1) is 18.8 Å². The lowest BCUT2D eigenvalue weighted by Crippen LogP contribution is -2.39. The molecule has 0 unspecified atom stereocenters. The van der Waals surface area contributed by atoms with E-state index < -0.39 is 0 Å². The molecule has 0 radical (unpaired) electrons. The maximum atomic E-state index is 11.3. The molecule has 1 N–H and O–H groups in total. The van der Waals surface area contributed by atoms with Crippen molar-refractivity contribution in [1.82, 2.24) is 15.3 Å². The molecule has 0 aliphatic carbocycles. The van der Waals surface area contributed by atoms with Gasteiger partial charge < -0.3 is 19.9 Å². The predicted octanol–water partition coefficient (Wildman–Crippen LogP) is 4.36. The lowest BCUT2D eigenvalue weighted by Gasteiger charge is -2.32. The highest BCUT2D eigenvalue weighted by Crippen LogP contribution is 2.35. The summed E-state index contributed by atoms with van der Waals surface area (Å²) >= 11 is 6.49. The highest BCUT2D eigenvalue weighted by molar-refractivity contribution is 6.32. The Morgan fingerprint density at radius 1 is 1.28 bits per heavy atom. The van der Waals surface area contributed by atoms with Gasteiger partial charge in [0.25, 0.3) is 0 Å². The van der Waals surface area contributed by atoms with Crippen molar-refractivity contribution < 1.29 is 9.53 Å². The summed E-state index contributed by atoms with van der Waals surface area (Å²) in [4.78, 5) is 25.1. The average Bonchev–Trinajstić information content (AvgIpc) is 3.34. The van der Waals surface area contributed by atoms with Crippen molar-refractivity contribution >= 4 is 29.3 Å². The van der Waals surface area contributed by atoms with Crippen LogP contribution in [0.2, 0.25) is 5.02 Å². The van der Waals surface area contributed by atoms with Crippen LogP contribution in [-0.2, 0) is 4.79 Å². The van der Waals surface area contributed by atoms with Crippen molar-refractivity contribution in [2.24, 2.45) is 0 Å². The van der Waals surface area contributed by atoms with Crippen LogP contribution in [-0.4, -0.2) is 47.2 Å². The molecule has 0 bridgehead atoms. The van der Waals surface area contributed by atoms with Crippen LogP contribution >= 0.6 is 11.6 Å². The van der Waals surface area contributed by atoms with Crippen molar-refractivity contribution in [3.63, 3.8) is 0 Å². The molecule has 2 aliphatic rings. The average molecular weight is 458 g/mol. The fourth-order valence-electron chi connectivity index (χ4n) is 4.61. The summed E-state index contributed by atoms with van der Waals surface area (Å²) in [6.45, 7) is 10.5. The summed E-state index contributed by atoms with van der Waals surface area (Å²) in [6, 6.07) is 7.88. The number of nitrogens with one attached hydrogen (secondary N) is 1. The third kappa shape index (κ3) is 4.93. The van der Waals surface area contributed by atoms with Gasteiger partial charge >= 0.3 is 0 Å². The zero-order valence-electron chi connectivity index (χ0n) is 19.3. The van der Waals surface area contributed by atoms with Crippen LogP contribution in [0.3, 0.4) is 0 Å². The number of aromatic nitrogens is 2. The number of carbonyl (C=O) groups is 1. The molecule has 1 aromatic carbocycles. The third-order valence-corrected chi connectivity index (χ3v) is 6.67. The van der Waals surface area contributed by atoms with Crippen molar-refractivity contribution in [1.29, 1.82) is 0 Å². The lowest BCUT2D eigenvalue weighted by atomic mass is 10.0. The molecule has 2 fully saturated rings. The number of anilines is 2. The zero-order valence-corrected chi connectivity index (χ0v) is 20.0. The smallest absolute Gasteiger partial charge is 0.227 e. The maximum absolute atomic E-state index is 11.3. The van der Waals surface area contributed by atoms with Gasteiger partial charge in [-0.25, -0.2) is 4.98 Å². The molecule has 32 heavy (non-hydrogen) atoms. The first-order valence-corrected chi connectivity index (χ1v) is 11.7. The topological polar surface area (TPSA) is 70.6 Å². The zero-order chi connectivity index (χ0) is 22.9. The number of ether oxygens (including phenoxy) is 1. The number of rotatable bonds is 6. The van der Waals surface area contributed by atoms with E-state index in [4.69, 9.17) is 21.3 Å². The van der Waals surface area contributed by atoms with E-state index in [9.17, 15) is 4.79 Å². The molecule has 4 rings (SSSR count). The van der Waals surface area contributed by atoms with Gasteiger partial charge in [0.1, 0.15) is 16.9 Å². The number of hydrogen-bond acceptors (Lipinski definition) is 6. The summed E-state index contributed by atoms with van der Waals surface area (Å²) in [5.74, 6) is 2.32. The van der Waals surface area contributed by atoms with Gasteiger partial charge in [0.15, 0.2) is 5.82 Å². The van der Waals surface area contributed by atoms with E-state index in [0.717, 1.165) is 62.0 Å². The number of nitrogens with zero attached hydrogens (tertiary/aromatic N) is 4. The Balaban J connectivity index is 1.40. The van der Waals surface area contributed by atoms with Crippen molar-refractivity contribution in [2.75, 3.05) is 29.4 Å². The van der Waals surface area contributed by atoms with E-state index in [2.05, 4.69) is 33.9 Å². The second-order valence-corrected chi connectivity index (χ2v) is 9.78.